The van der Waals surface area contributed by atoms with Gasteiger partial charge in [-0.25, -0.2) is 0 Å². The maximum Gasteiger partial charge on any atom is 0.213 e. The van der Waals surface area contributed by atoms with Crippen LogP contribution in [-0.4, -0.2) is 6.04 Å². The van der Waals surface area contributed by atoms with Gasteiger partial charge in [-0.3, -0.25) is 0 Å². The zero-order valence-corrected chi connectivity index (χ0v) is 16.6. The lowest BCUT2D eigenvalue weighted by molar-refractivity contribution is -0.693. The predicted octanol–water partition coefficient (Wildman–Crippen LogP) is 5.99. The van der Waals surface area contributed by atoms with E-state index in [0.717, 1.165) is 0 Å². The number of nitrogens with zero attached hydrogens (tertiary/aromatic N) is 2. The predicted molar refractivity (Wildman–Crippen MR) is 116 cm³/mol. The molecule has 0 saturated carbocycles. The van der Waals surface area contributed by atoms with Crippen molar-refractivity contribution in [2.45, 2.75) is 39.8 Å². The normalized spacial score (nSPS) is 15.2. The van der Waals surface area contributed by atoms with Gasteiger partial charge >= 0.3 is 0 Å². The number of anilines is 1. The van der Waals surface area contributed by atoms with Gasteiger partial charge in [0.2, 0.25) is 11.2 Å². The van der Waals surface area contributed by atoms with Crippen molar-refractivity contribution in [3.63, 3.8) is 0 Å². The van der Waals surface area contributed by atoms with E-state index < -0.39 is 0 Å². The Morgan fingerprint density at radius 3 is 2.33 bits per heavy atom. The summed E-state index contributed by atoms with van der Waals surface area (Å²) < 4.78 is 2.43. The number of allylic oxidation sites excluding steroid dienone is 1. The molecule has 2 aromatic carbocycles. The van der Waals surface area contributed by atoms with Crippen molar-refractivity contribution in [2.75, 3.05) is 4.90 Å². The Balaban J connectivity index is 1.90. The molecule has 2 heteroatoms. The second-order valence-electron chi connectivity index (χ2n) is 7.71. The van der Waals surface area contributed by atoms with Crippen molar-refractivity contribution in [2.24, 2.45) is 0 Å². The topological polar surface area (TPSA) is 7.12 Å². The molecular formula is C25H27N2+. The summed E-state index contributed by atoms with van der Waals surface area (Å²) in [6.07, 6.45) is 6.78. The quantitative estimate of drug-likeness (QED) is 0.523. The molecule has 0 saturated heterocycles. The molecule has 0 fully saturated rings. The van der Waals surface area contributed by atoms with Crippen LogP contribution in [0.4, 0.5) is 5.69 Å². The average molecular weight is 356 g/mol. The third-order valence-corrected chi connectivity index (χ3v) is 5.14. The Labute approximate surface area is 162 Å². The van der Waals surface area contributed by atoms with E-state index in [-0.39, 0.29) is 0 Å². The van der Waals surface area contributed by atoms with E-state index in [0.29, 0.717) is 12.1 Å². The molecule has 1 aliphatic heterocycles. The van der Waals surface area contributed by atoms with Crippen molar-refractivity contribution >= 4 is 28.7 Å². The second kappa shape index (κ2) is 7.03. The van der Waals surface area contributed by atoms with Crippen LogP contribution < -0.4 is 9.47 Å². The Morgan fingerprint density at radius 1 is 0.815 bits per heavy atom. The lowest BCUT2D eigenvalue weighted by Crippen LogP contribution is -2.40. The number of hydrogen-bond donors (Lipinski definition) is 0. The van der Waals surface area contributed by atoms with Crippen LogP contribution in [0.5, 0.6) is 0 Å². The van der Waals surface area contributed by atoms with Crippen LogP contribution in [0.1, 0.15) is 45.0 Å². The molecule has 1 aliphatic rings. The summed E-state index contributed by atoms with van der Waals surface area (Å²) in [6, 6.07) is 22.5. The summed E-state index contributed by atoms with van der Waals surface area (Å²) in [5.41, 5.74) is 6.29. The smallest absolute Gasteiger partial charge is 0.213 e. The van der Waals surface area contributed by atoms with E-state index >= 15 is 0 Å². The average Bonchev–Trinajstić information content (AvgIpc) is 2.67. The Kier molecular flexibility index (Phi) is 4.57. The van der Waals surface area contributed by atoms with Crippen molar-refractivity contribution in [3.8, 4) is 0 Å². The highest BCUT2D eigenvalue weighted by atomic mass is 15.2. The second-order valence-corrected chi connectivity index (χ2v) is 7.71. The molecule has 27 heavy (non-hydrogen) atoms. The molecule has 2 nitrogen and oxygen atoms in total. The maximum absolute atomic E-state index is 2.43. The number of pyridine rings is 1. The first kappa shape index (κ1) is 17.5. The minimum atomic E-state index is 0.385. The molecule has 4 rings (SSSR count). The Hall–Kier alpha value is -2.87. The molecule has 0 radical (unpaired) electrons. The van der Waals surface area contributed by atoms with E-state index in [4.69, 9.17) is 0 Å². The summed E-state index contributed by atoms with van der Waals surface area (Å²) in [7, 11) is 0. The molecule has 0 unspecified atom stereocenters. The van der Waals surface area contributed by atoms with E-state index in [2.05, 4.69) is 116 Å². The first-order chi connectivity index (χ1) is 13.1. The van der Waals surface area contributed by atoms with Gasteiger partial charge in [-0.2, -0.15) is 4.57 Å². The van der Waals surface area contributed by atoms with E-state index in [9.17, 15) is 0 Å². The minimum absolute atomic E-state index is 0.385. The summed E-state index contributed by atoms with van der Waals surface area (Å²) in [6.45, 7) is 9.00. The zero-order valence-electron chi connectivity index (χ0n) is 16.6. The fraction of sp³-hybridized carbons (Fsp3) is 0.240. The number of fused-ring (bicyclic) bond motifs is 2. The van der Waals surface area contributed by atoms with Gasteiger partial charge in [0.15, 0.2) is 6.04 Å². The third kappa shape index (κ3) is 3.16. The van der Waals surface area contributed by atoms with Gasteiger partial charge in [0.1, 0.15) is 0 Å². The van der Waals surface area contributed by atoms with Crippen LogP contribution >= 0.6 is 0 Å². The van der Waals surface area contributed by atoms with Gasteiger partial charge < -0.3 is 4.90 Å². The van der Waals surface area contributed by atoms with Crippen molar-refractivity contribution in [1.29, 1.82) is 0 Å². The Morgan fingerprint density at radius 2 is 1.56 bits per heavy atom. The largest absolute Gasteiger partial charge is 0.338 e. The number of aromatic nitrogens is 1. The first-order valence-corrected chi connectivity index (χ1v) is 9.77. The number of para-hydroxylation sites is 2. The maximum atomic E-state index is 2.43. The van der Waals surface area contributed by atoms with E-state index in [1.54, 1.807) is 0 Å². The summed E-state index contributed by atoms with van der Waals surface area (Å²) in [5, 5.41) is 1.28. The highest BCUT2D eigenvalue weighted by Crippen LogP contribution is 2.33. The molecule has 2 heterocycles. The molecule has 0 amide bonds. The van der Waals surface area contributed by atoms with Crippen LogP contribution in [0, 0.1) is 0 Å². The lowest BCUT2D eigenvalue weighted by Gasteiger charge is -2.33. The molecule has 136 valence electrons. The molecule has 3 aromatic rings. The molecule has 0 spiro atoms. The fourth-order valence-corrected chi connectivity index (χ4v) is 4.02. The van der Waals surface area contributed by atoms with Crippen LogP contribution in [0.15, 0.2) is 72.4 Å². The molecule has 0 atom stereocenters. The molecule has 0 bridgehead atoms. The summed E-state index contributed by atoms with van der Waals surface area (Å²) >= 11 is 0. The molecule has 1 aromatic heterocycles. The standard InChI is InChI=1S/C25H27N2/c1-18(2)26-22(15-13-20-9-5-7-11-24(20)26)17-23-16-14-21-10-6-8-12-25(21)27(23)19(3)4/h5-19H,1-4H3/q+1. The molecule has 0 N–H and O–H groups in total. The van der Waals surface area contributed by atoms with Crippen LogP contribution in [0.3, 0.4) is 0 Å². The van der Waals surface area contributed by atoms with Crippen LogP contribution in [0.25, 0.3) is 23.1 Å². The van der Waals surface area contributed by atoms with Crippen LogP contribution in [-0.2, 0) is 0 Å². The number of rotatable bonds is 3. The van der Waals surface area contributed by atoms with E-state index in [1.165, 1.54) is 33.5 Å². The van der Waals surface area contributed by atoms with Gasteiger partial charge in [0, 0.05) is 41.0 Å². The van der Waals surface area contributed by atoms with Crippen molar-refractivity contribution in [1.82, 2.24) is 0 Å². The highest BCUT2D eigenvalue weighted by molar-refractivity contribution is 5.81. The number of benzene rings is 2. The first-order valence-electron chi connectivity index (χ1n) is 9.77. The van der Waals surface area contributed by atoms with Crippen LogP contribution in [0.2, 0.25) is 0 Å². The van der Waals surface area contributed by atoms with Gasteiger partial charge in [0.25, 0.3) is 0 Å². The SMILES string of the molecule is CC(C)N1C(=Cc2ccc3ccccc3[n+]2C(C)C)C=Cc2ccccc21. The summed E-state index contributed by atoms with van der Waals surface area (Å²) in [4.78, 5) is 2.43. The van der Waals surface area contributed by atoms with Gasteiger partial charge in [-0.15, -0.1) is 0 Å². The zero-order chi connectivity index (χ0) is 19.0. The number of hydrogen-bond acceptors (Lipinski definition) is 1. The summed E-state index contributed by atoms with van der Waals surface area (Å²) in [5.74, 6) is 0. The highest BCUT2D eigenvalue weighted by Gasteiger charge is 2.23. The minimum Gasteiger partial charge on any atom is -0.338 e. The van der Waals surface area contributed by atoms with Crippen molar-refractivity contribution < 1.29 is 4.57 Å². The lowest BCUT2D eigenvalue weighted by atomic mass is 10.0. The van der Waals surface area contributed by atoms with Gasteiger partial charge in [-0.1, -0.05) is 36.4 Å². The molecular weight excluding hydrogens is 328 g/mol. The fourth-order valence-electron chi connectivity index (χ4n) is 4.02. The van der Waals surface area contributed by atoms with Crippen molar-refractivity contribution in [3.05, 3.63) is 83.7 Å². The van der Waals surface area contributed by atoms with E-state index in [1.807, 2.05) is 0 Å². The van der Waals surface area contributed by atoms with Gasteiger partial charge in [0.05, 0.1) is 0 Å². The Bertz CT molecular complexity index is 1040. The third-order valence-electron chi connectivity index (χ3n) is 5.14. The molecule has 0 aliphatic carbocycles. The van der Waals surface area contributed by atoms with Gasteiger partial charge in [-0.05, 0) is 57.5 Å². The monoisotopic (exact) mass is 355 g/mol.